The van der Waals surface area contributed by atoms with Gasteiger partial charge in [-0.1, -0.05) is 0 Å². The van der Waals surface area contributed by atoms with Crippen LogP contribution in [0.5, 0.6) is 0 Å². The number of carboxylic acid groups (broad SMARTS) is 1. The predicted molar refractivity (Wildman–Crippen MR) is 35.2 cm³/mol. The molecule has 8 heavy (non-hydrogen) atoms. The van der Waals surface area contributed by atoms with E-state index in [0.717, 1.165) is 0 Å². The third kappa shape index (κ3) is 4.85. The van der Waals surface area contributed by atoms with E-state index in [2.05, 4.69) is 12.6 Å². The molecule has 46 valence electrons. The minimum absolute atomic E-state index is 0. The Morgan fingerprint density at radius 3 is 2.25 bits per heavy atom. The average Bonchev–Trinajstić information content (AvgIpc) is 1.65. The summed E-state index contributed by atoms with van der Waals surface area (Å²) in [5.74, 6) is -0.815. The molecular formula is C3H7NO2PbS. The molecule has 0 aliphatic rings. The maximum atomic E-state index is 9.76. The third-order valence-corrected chi connectivity index (χ3v) is 0.907. The van der Waals surface area contributed by atoms with Crippen LogP contribution >= 0.6 is 12.6 Å². The van der Waals surface area contributed by atoms with Crippen LogP contribution < -0.4 is 5.73 Å². The first-order valence-corrected chi connectivity index (χ1v) is 2.41. The first-order valence-electron chi connectivity index (χ1n) is 1.77. The largest absolute Gasteiger partial charge is 0.480 e. The molecule has 0 aromatic rings. The molecule has 0 unspecified atom stereocenters. The summed E-state index contributed by atoms with van der Waals surface area (Å²) in [5, 5.41) is 8.01. The van der Waals surface area contributed by atoms with Gasteiger partial charge in [-0.15, -0.1) is 0 Å². The summed E-state index contributed by atoms with van der Waals surface area (Å²) in [6, 6.07) is -0.816. The quantitative estimate of drug-likeness (QED) is 0.448. The van der Waals surface area contributed by atoms with Crippen molar-refractivity contribution in [3.8, 4) is 0 Å². The van der Waals surface area contributed by atoms with E-state index in [1.165, 1.54) is 0 Å². The minimum Gasteiger partial charge on any atom is -0.480 e. The first kappa shape index (κ1) is 11.5. The zero-order valence-electron chi connectivity index (χ0n) is 4.16. The van der Waals surface area contributed by atoms with Crippen LogP contribution in [0.2, 0.25) is 0 Å². The monoisotopic (exact) mass is 329 g/mol. The number of carbonyl (C=O) groups is 1. The van der Waals surface area contributed by atoms with Crippen LogP contribution in [0.25, 0.3) is 0 Å². The molecule has 0 heterocycles. The Bertz CT molecular complexity index is 79.7. The van der Waals surface area contributed by atoms with Crippen LogP contribution in [-0.4, -0.2) is 50.2 Å². The standard InChI is InChI=1S/C3H7NO2S.Pb/c4-2(1-7)3(5)6;/h2,7H,1,4H2,(H,5,6);/t2-;/m0./s1. The maximum absolute atomic E-state index is 9.76. The summed E-state index contributed by atoms with van der Waals surface area (Å²) in [4.78, 5) is 9.76. The number of rotatable bonds is 2. The van der Waals surface area contributed by atoms with Crippen LogP contribution in [0, 0.1) is 0 Å². The second-order valence-corrected chi connectivity index (χ2v) is 1.49. The molecule has 0 amide bonds. The van der Waals surface area contributed by atoms with Gasteiger partial charge in [-0.05, 0) is 0 Å². The SMILES string of the molecule is N[C@@H](CS)C(=O)O.[Pb]. The molecule has 5 heteroatoms. The van der Waals surface area contributed by atoms with Crippen molar-refractivity contribution >= 4 is 45.9 Å². The zero-order valence-corrected chi connectivity index (χ0v) is 8.95. The van der Waals surface area contributed by atoms with E-state index in [1.54, 1.807) is 0 Å². The number of nitrogens with two attached hydrogens (primary N) is 1. The first-order chi connectivity index (χ1) is 3.18. The molecule has 3 nitrogen and oxygen atoms in total. The maximum Gasteiger partial charge on any atom is 0.321 e. The molecule has 0 fully saturated rings. The summed E-state index contributed by atoms with van der Waals surface area (Å²) >= 11 is 3.65. The Labute approximate surface area is 73.2 Å². The van der Waals surface area contributed by atoms with Crippen molar-refractivity contribution in [2.24, 2.45) is 5.73 Å². The summed E-state index contributed by atoms with van der Waals surface area (Å²) < 4.78 is 0. The van der Waals surface area contributed by atoms with Crippen molar-refractivity contribution in [2.75, 3.05) is 5.75 Å². The number of carboxylic acids is 1. The Balaban J connectivity index is 0. The van der Waals surface area contributed by atoms with Crippen molar-refractivity contribution in [2.45, 2.75) is 6.04 Å². The van der Waals surface area contributed by atoms with E-state index in [4.69, 9.17) is 10.8 Å². The summed E-state index contributed by atoms with van der Waals surface area (Å²) in [7, 11) is 0. The van der Waals surface area contributed by atoms with E-state index < -0.39 is 12.0 Å². The summed E-state index contributed by atoms with van der Waals surface area (Å²) in [6.07, 6.45) is 0. The molecule has 4 radical (unpaired) electrons. The van der Waals surface area contributed by atoms with E-state index in [-0.39, 0.29) is 33.1 Å². The number of hydrogen-bond donors (Lipinski definition) is 3. The number of aliphatic carboxylic acids is 1. The predicted octanol–water partition coefficient (Wildman–Crippen LogP) is -1.05. The van der Waals surface area contributed by atoms with Gasteiger partial charge in [0.25, 0.3) is 0 Å². The molecule has 3 N–H and O–H groups in total. The molecule has 0 saturated carbocycles. The van der Waals surface area contributed by atoms with Crippen LogP contribution in [-0.2, 0) is 4.79 Å². The fourth-order valence-electron chi connectivity index (χ4n) is 0.0781. The van der Waals surface area contributed by atoms with E-state index in [0.29, 0.717) is 0 Å². The summed E-state index contributed by atoms with van der Waals surface area (Å²) in [5.41, 5.74) is 4.94. The molecule has 0 rings (SSSR count). The van der Waals surface area contributed by atoms with Crippen molar-refractivity contribution in [1.82, 2.24) is 0 Å². The van der Waals surface area contributed by atoms with E-state index in [1.807, 2.05) is 0 Å². The van der Waals surface area contributed by atoms with Gasteiger partial charge in [-0.3, -0.25) is 4.79 Å². The topological polar surface area (TPSA) is 63.3 Å². The second-order valence-electron chi connectivity index (χ2n) is 1.13. The number of thiol groups is 1. The van der Waals surface area contributed by atoms with Gasteiger partial charge >= 0.3 is 5.97 Å². The van der Waals surface area contributed by atoms with Crippen LogP contribution in [0.4, 0.5) is 0 Å². The van der Waals surface area contributed by atoms with Crippen molar-refractivity contribution in [3.05, 3.63) is 0 Å². The molecule has 0 aromatic heterocycles. The van der Waals surface area contributed by atoms with Gasteiger partial charge in [-0.25, -0.2) is 0 Å². The smallest absolute Gasteiger partial charge is 0.321 e. The Hall–Kier alpha value is 0.702. The van der Waals surface area contributed by atoms with Gasteiger partial charge < -0.3 is 10.8 Å². The minimum atomic E-state index is -1.00. The molecule has 0 aliphatic carbocycles. The molecule has 0 saturated heterocycles. The number of hydrogen-bond acceptors (Lipinski definition) is 3. The average molecular weight is 328 g/mol. The van der Waals surface area contributed by atoms with E-state index >= 15 is 0 Å². The van der Waals surface area contributed by atoms with Gasteiger partial charge in [0.2, 0.25) is 0 Å². The molecule has 0 spiro atoms. The normalized spacial score (nSPS) is 11.8. The van der Waals surface area contributed by atoms with Crippen LogP contribution in [0.3, 0.4) is 0 Å². The Kier molecular flexibility index (Phi) is 8.38. The van der Waals surface area contributed by atoms with Crippen LogP contribution in [0.1, 0.15) is 0 Å². The van der Waals surface area contributed by atoms with Crippen LogP contribution in [0.15, 0.2) is 0 Å². The zero-order chi connectivity index (χ0) is 5.86. The van der Waals surface area contributed by atoms with Gasteiger partial charge in [0, 0.05) is 33.1 Å². The molecule has 0 bridgehead atoms. The molecule has 1 atom stereocenters. The van der Waals surface area contributed by atoms with Gasteiger partial charge in [0.05, 0.1) is 0 Å². The van der Waals surface area contributed by atoms with Crippen molar-refractivity contribution in [1.29, 1.82) is 0 Å². The van der Waals surface area contributed by atoms with Gasteiger partial charge in [0.1, 0.15) is 6.04 Å². The fraction of sp³-hybridized carbons (Fsp3) is 0.667. The summed E-state index contributed by atoms with van der Waals surface area (Å²) in [6.45, 7) is 0. The molecular weight excluding hydrogens is 321 g/mol. The van der Waals surface area contributed by atoms with E-state index in [9.17, 15) is 4.79 Å². The van der Waals surface area contributed by atoms with Gasteiger partial charge in [0.15, 0.2) is 0 Å². The van der Waals surface area contributed by atoms with Crippen molar-refractivity contribution < 1.29 is 9.90 Å². The fourth-order valence-corrected chi connectivity index (χ4v) is 0.234. The Morgan fingerprint density at radius 2 is 2.25 bits per heavy atom. The molecule has 0 aromatic carbocycles. The second kappa shape index (κ2) is 5.83. The Morgan fingerprint density at radius 1 is 1.88 bits per heavy atom. The van der Waals surface area contributed by atoms with Crippen molar-refractivity contribution in [3.63, 3.8) is 0 Å². The molecule has 0 aliphatic heterocycles. The third-order valence-electron chi connectivity index (χ3n) is 0.514. The van der Waals surface area contributed by atoms with Gasteiger partial charge in [-0.2, -0.15) is 12.6 Å².